The Morgan fingerprint density at radius 2 is 2.33 bits per heavy atom. The van der Waals surface area contributed by atoms with E-state index in [0.29, 0.717) is 13.0 Å². The van der Waals surface area contributed by atoms with Gasteiger partial charge in [0.25, 0.3) is 5.91 Å². The maximum absolute atomic E-state index is 11.1. The number of aliphatic hydroxyl groups is 1. The summed E-state index contributed by atoms with van der Waals surface area (Å²) in [4.78, 5) is 24.7. The second kappa shape index (κ2) is 6.60. The molecule has 0 radical (unpaired) electrons. The number of nitrogens with zero attached hydrogens (tertiary/aromatic N) is 1. The quantitative estimate of drug-likeness (QED) is 0.342. The third-order valence-electron chi connectivity index (χ3n) is 1.65. The topological polar surface area (TPSA) is 99.0 Å². The summed E-state index contributed by atoms with van der Waals surface area (Å²) in [6, 6.07) is 0. The molecule has 3 N–H and O–H groups in total. The smallest absolute Gasteiger partial charge is 1.00 e. The zero-order chi connectivity index (χ0) is 10.6. The van der Waals surface area contributed by atoms with Crippen molar-refractivity contribution in [1.29, 1.82) is 0 Å². The number of aliphatic carboxylic acids is 1. The molecule has 1 rings (SSSR count). The Labute approximate surface area is 110 Å². The fourth-order valence-electron chi connectivity index (χ4n) is 1.00. The van der Waals surface area contributed by atoms with Crippen molar-refractivity contribution < 1.29 is 50.8 Å². The van der Waals surface area contributed by atoms with Gasteiger partial charge in [0.15, 0.2) is 0 Å². The van der Waals surface area contributed by atoms with Gasteiger partial charge in [-0.15, -0.1) is 0 Å². The van der Waals surface area contributed by atoms with Crippen LogP contribution in [0, 0.1) is 0 Å². The molecule has 7 heteroatoms. The molecule has 0 aliphatic carbocycles. The number of carbonyl (C=O) groups excluding carboxylic acids is 1. The van der Waals surface area contributed by atoms with Crippen LogP contribution in [0.1, 0.15) is 7.85 Å². The van der Waals surface area contributed by atoms with E-state index in [1.807, 2.05) is 0 Å². The fourth-order valence-corrected chi connectivity index (χ4v) is 1.00. The number of carbonyl (C=O) groups is 2. The molecule has 15 heavy (non-hydrogen) atoms. The average molecular weight is 222 g/mol. The van der Waals surface area contributed by atoms with Gasteiger partial charge in [-0.05, 0) is 0 Å². The number of hydrogen-bond acceptors (Lipinski definition) is 4. The second-order valence-corrected chi connectivity index (χ2v) is 2.73. The van der Waals surface area contributed by atoms with Crippen molar-refractivity contribution in [3.8, 4) is 0 Å². The number of hydrogen-bond donors (Lipinski definition) is 3. The third-order valence-corrected chi connectivity index (χ3v) is 1.65. The molecule has 78 valence electrons. The number of aliphatic hydroxyl groups excluding tert-OH is 1. The summed E-state index contributed by atoms with van der Waals surface area (Å²) in [5, 5.41) is 20.1. The Balaban J connectivity index is 0. The van der Waals surface area contributed by atoms with Crippen LogP contribution in [0.25, 0.3) is 0 Å². The van der Waals surface area contributed by atoms with Crippen LogP contribution >= 0.6 is 0 Å². The Bertz CT molecular complexity index is 330. The summed E-state index contributed by atoms with van der Waals surface area (Å²) < 4.78 is 0. The van der Waals surface area contributed by atoms with Gasteiger partial charge in [-0.2, -0.15) is 0 Å². The number of carboxylic acids is 1. The number of amides is 1. The number of rotatable bonds is 3. The molecule has 0 bridgehead atoms. The largest absolute Gasteiger partial charge is 1.00 e. The van der Waals surface area contributed by atoms with Gasteiger partial charge in [0.2, 0.25) is 0 Å². The molecule has 6 nitrogen and oxygen atoms in total. The Morgan fingerprint density at radius 1 is 1.67 bits per heavy atom. The van der Waals surface area contributed by atoms with E-state index in [0.717, 1.165) is 6.21 Å². The molecule has 0 saturated carbocycles. The van der Waals surface area contributed by atoms with Crippen molar-refractivity contribution in [3.05, 3.63) is 11.3 Å². The first-order valence-electron chi connectivity index (χ1n) is 4.03. The first kappa shape index (κ1) is 14.2. The molecule has 0 atom stereocenters. The van der Waals surface area contributed by atoms with E-state index in [2.05, 4.69) is 10.3 Å². The van der Waals surface area contributed by atoms with Crippen LogP contribution in [0.5, 0.6) is 0 Å². The van der Waals surface area contributed by atoms with Crippen molar-refractivity contribution in [3.63, 3.8) is 0 Å². The van der Waals surface area contributed by atoms with Crippen LogP contribution in [0.15, 0.2) is 16.3 Å². The van der Waals surface area contributed by atoms with Gasteiger partial charge in [-0.3, -0.25) is 14.6 Å². The van der Waals surface area contributed by atoms with Crippen LogP contribution in [0.2, 0.25) is 0 Å². The second-order valence-electron chi connectivity index (χ2n) is 2.73. The summed E-state index contributed by atoms with van der Waals surface area (Å²) in [7, 11) is 0. The van der Waals surface area contributed by atoms with E-state index in [9.17, 15) is 14.7 Å². The molecule has 0 saturated heterocycles. The van der Waals surface area contributed by atoms with Crippen LogP contribution in [-0.4, -0.2) is 41.4 Å². The Hall–Kier alpha value is -0.850. The van der Waals surface area contributed by atoms with Gasteiger partial charge in [0, 0.05) is 19.2 Å². The average Bonchev–Trinajstić information content (AvgIpc) is 2.09. The molecule has 1 aliphatic heterocycles. The minimum absolute atomic E-state index is 0. The van der Waals surface area contributed by atoms with E-state index in [1.165, 1.54) is 0 Å². The van der Waals surface area contributed by atoms with Gasteiger partial charge in [0.1, 0.15) is 12.3 Å². The van der Waals surface area contributed by atoms with E-state index in [-0.39, 0.29) is 42.3 Å². The van der Waals surface area contributed by atoms with Crippen molar-refractivity contribution in [2.45, 2.75) is 6.42 Å². The van der Waals surface area contributed by atoms with E-state index in [1.54, 1.807) is 0 Å². The summed E-state index contributed by atoms with van der Waals surface area (Å²) in [5.74, 6) is -1.57. The van der Waals surface area contributed by atoms with Gasteiger partial charge >= 0.3 is 35.5 Å². The normalized spacial score (nSPS) is 16.1. The predicted octanol–water partition coefficient (Wildman–Crippen LogP) is -3.41. The maximum atomic E-state index is 11.1. The number of carboxylic acid groups (broad SMARTS) is 1. The van der Waals surface area contributed by atoms with Crippen molar-refractivity contribution in [1.82, 2.24) is 5.32 Å². The van der Waals surface area contributed by atoms with Crippen LogP contribution in [0.4, 0.5) is 0 Å². The Kier molecular flexibility index (Phi) is 6.23. The first-order valence-corrected chi connectivity index (χ1v) is 4.03. The molecular formula is C8H11N2NaO4. The summed E-state index contributed by atoms with van der Waals surface area (Å²) in [6.45, 7) is -0.0228. The van der Waals surface area contributed by atoms with Gasteiger partial charge in [-0.1, -0.05) is 0 Å². The molecule has 0 aromatic carbocycles. The maximum Gasteiger partial charge on any atom is 1.00 e. The molecular weight excluding hydrogens is 211 g/mol. The SMILES string of the molecule is O=C(O)CN=CC1=C(O)CCNC1=O.[H-].[Na+]. The van der Waals surface area contributed by atoms with Crippen LogP contribution in [0.3, 0.4) is 0 Å². The standard InChI is InChI=1S/C8H10N2O4.Na.H/c11-6-1-2-10-8(14)5(6)3-9-4-7(12)13;;/h3,11H,1-2,4H2,(H,10,14)(H,12,13);;/q;+1;-1. The van der Waals surface area contributed by atoms with Crippen molar-refractivity contribution >= 4 is 18.1 Å². The molecule has 0 aromatic heterocycles. The van der Waals surface area contributed by atoms with Gasteiger partial charge < -0.3 is 17.0 Å². The predicted molar refractivity (Wildman–Crippen MR) is 49.4 cm³/mol. The summed E-state index contributed by atoms with van der Waals surface area (Å²) in [5.41, 5.74) is 0.0394. The van der Waals surface area contributed by atoms with Crippen LogP contribution in [-0.2, 0) is 9.59 Å². The first-order chi connectivity index (χ1) is 6.61. The molecule has 0 unspecified atom stereocenters. The van der Waals surface area contributed by atoms with Crippen molar-refractivity contribution in [2.75, 3.05) is 13.1 Å². The molecule has 0 fully saturated rings. The molecule has 0 spiro atoms. The van der Waals surface area contributed by atoms with E-state index < -0.39 is 18.4 Å². The minimum atomic E-state index is -1.09. The van der Waals surface area contributed by atoms with Gasteiger partial charge in [-0.25, -0.2) is 0 Å². The number of nitrogens with one attached hydrogen (secondary N) is 1. The monoisotopic (exact) mass is 222 g/mol. The third kappa shape index (κ3) is 4.46. The minimum Gasteiger partial charge on any atom is -1.00 e. The summed E-state index contributed by atoms with van der Waals surface area (Å²) in [6.07, 6.45) is 1.43. The van der Waals surface area contributed by atoms with Crippen LogP contribution < -0.4 is 34.9 Å². The zero-order valence-corrected chi connectivity index (χ0v) is 10.4. The molecule has 1 heterocycles. The Morgan fingerprint density at radius 3 is 2.87 bits per heavy atom. The van der Waals surface area contributed by atoms with E-state index in [4.69, 9.17) is 5.11 Å². The van der Waals surface area contributed by atoms with Crippen molar-refractivity contribution in [2.24, 2.45) is 4.99 Å². The van der Waals surface area contributed by atoms with E-state index >= 15 is 0 Å². The van der Waals surface area contributed by atoms with Gasteiger partial charge in [0.05, 0.1) is 5.57 Å². The molecule has 1 amide bonds. The fraction of sp³-hybridized carbons (Fsp3) is 0.375. The molecule has 0 aromatic rings. The zero-order valence-electron chi connectivity index (χ0n) is 9.36. The number of aliphatic imine (C=N–C) groups is 1. The summed E-state index contributed by atoms with van der Waals surface area (Å²) >= 11 is 0. The molecule has 1 aliphatic rings.